The number of thiophene rings is 1. The van der Waals surface area contributed by atoms with Gasteiger partial charge in [0.05, 0.1) is 0 Å². The van der Waals surface area contributed by atoms with Crippen LogP contribution in [0.5, 0.6) is 0 Å². The van der Waals surface area contributed by atoms with Crippen LogP contribution in [0.25, 0.3) is 64.0 Å². The Kier molecular flexibility index (Phi) is 4.58. The summed E-state index contributed by atoms with van der Waals surface area (Å²) in [6.45, 7) is 0. The fourth-order valence-electron chi connectivity index (χ4n) is 5.13. The molecule has 0 amide bonds. The third-order valence-corrected chi connectivity index (χ3v) is 8.60. The quantitative estimate of drug-likeness (QED) is 0.215. The lowest BCUT2D eigenvalue weighted by atomic mass is 9.93. The Bertz CT molecular complexity index is 1860. The largest absolute Gasteiger partial charge is 0.134 e. The standard InChI is InChI=1S/C32H19BrS/c33-28-16-14-22(20-8-2-1-3-9-20)18-26(28)27-19-23-11-5-7-13-25(23)31-30-24-12-6-4-10-21(24)15-17-29(30)34-32(27)31/h1-19H. The zero-order valence-corrected chi connectivity index (χ0v) is 20.7. The number of fused-ring (bicyclic) bond motifs is 7. The van der Waals surface area contributed by atoms with Gasteiger partial charge in [0.15, 0.2) is 0 Å². The van der Waals surface area contributed by atoms with Gasteiger partial charge in [0, 0.05) is 30.2 Å². The van der Waals surface area contributed by atoms with Crippen LogP contribution in [-0.2, 0) is 0 Å². The molecule has 1 heterocycles. The van der Waals surface area contributed by atoms with Gasteiger partial charge in [-0.15, -0.1) is 11.3 Å². The molecule has 160 valence electrons. The first kappa shape index (κ1) is 20.0. The summed E-state index contributed by atoms with van der Waals surface area (Å²) in [6.07, 6.45) is 0. The highest BCUT2D eigenvalue weighted by atomic mass is 79.9. The minimum Gasteiger partial charge on any atom is -0.134 e. The summed E-state index contributed by atoms with van der Waals surface area (Å²) in [5, 5.41) is 7.93. The van der Waals surface area contributed by atoms with E-state index in [9.17, 15) is 0 Å². The average Bonchev–Trinajstić information content (AvgIpc) is 3.30. The fraction of sp³-hybridized carbons (Fsp3) is 0. The normalized spacial score (nSPS) is 11.7. The molecule has 0 saturated heterocycles. The monoisotopic (exact) mass is 514 g/mol. The van der Waals surface area contributed by atoms with Gasteiger partial charge >= 0.3 is 0 Å². The van der Waals surface area contributed by atoms with Crippen molar-refractivity contribution in [2.75, 3.05) is 0 Å². The Balaban J connectivity index is 1.64. The van der Waals surface area contributed by atoms with Gasteiger partial charge in [-0.05, 0) is 62.5 Å². The van der Waals surface area contributed by atoms with Crippen molar-refractivity contribution in [1.29, 1.82) is 0 Å². The molecule has 1 aromatic heterocycles. The topological polar surface area (TPSA) is 0 Å². The molecule has 34 heavy (non-hydrogen) atoms. The van der Waals surface area contributed by atoms with E-state index in [0.29, 0.717) is 0 Å². The number of benzene rings is 6. The van der Waals surface area contributed by atoms with Crippen LogP contribution in [0.2, 0.25) is 0 Å². The lowest BCUT2D eigenvalue weighted by Crippen LogP contribution is -1.86. The van der Waals surface area contributed by atoms with Gasteiger partial charge < -0.3 is 0 Å². The van der Waals surface area contributed by atoms with E-state index in [0.717, 1.165) is 4.47 Å². The van der Waals surface area contributed by atoms with Crippen molar-refractivity contribution in [3.05, 3.63) is 120 Å². The summed E-state index contributed by atoms with van der Waals surface area (Å²) in [6, 6.07) is 41.8. The fourth-order valence-corrected chi connectivity index (χ4v) is 6.85. The molecule has 7 aromatic rings. The smallest absolute Gasteiger partial charge is 0.0440 e. The average molecular weight is 515 g/mol. The number of rotatable bonds is 2. The predicted molar refractivity (Wildman–Crippen MR) is 153 cm³/mol. The molecule has 0 fully saturated rings. The lowest BCUT2D eigenvalue weighted by Gasteiger charge is -2.12. The Labute approximate surface area is 210 Å². The maximum atomic E-state index is 3.88. The van der Waals surface area contributed by atoms with E-state index < -0.39 is 0 Å². The molecule has 0 radical (unpaired) electrons. The van der Waals surface area contributed by atoms with E-state index in [2.05, 4.69) is 131 Å². The molecule has 0 aliphatic rings. The van der Waals surface area contributed by atoms with Crippen molar-refractivity contribution < 1.29 is 0 Å². The Morgan fingerprint density at radius 3 is 2.03 bits per heavy atom. The molecule has 0 saturated carbocycles. The van der Waals surface area contributed by atoms with Crippen LogP contribution in [0.15, 0.2) is 120 Å². The molecular formula is C32H19BrS. The maximum absolute atomic E-state index is 3.88. The van der Waals surface area contributed by atoms with Gasteiger partial charge in [-0.3, -0.25) is 0 Å². The summed E-state index contributed by atoms with van der Waals surface area (Å²) in [7, 11) is 0. The minimum atomic E-state index is 1.12. The van der Waals surface area contributed by atoms with Crippen molar-refractivity contribution in [2.45, 2.75) is 0 Å². The van der Waals surface area contributed by atoms with Gasteiger partial charge in [-0.25, -0.2) is 0 Å². The number of hydrogen-bond donors (Lipinski definition) is 0. The molecule has 0 N–H and O–H groups in total. The van der Waals surface area contributed by atoms with Crippen LogP contribution in [0, 0.1) is 0 Å². The van der Waals surface area contributed by atoms with Crippen LogP contribution in [0.3, 0.4) is 0 Å². The van der Waals surface area contributed by atoms with Gasteiger partial charge in [-0.2, -0.15) is 0 Å². The van der Waals surface area contributed by atoms with E-state index in [-0.39, 0.29) is 0 Å². The van der Waals surface area contributed by atoms with Crippen molar-refractivity contribution in [3.63, 3.8) is 0 Å². The Morgan fingerprint density at radius 2 is 1.21 bits per heavy atom. The van der Waals surface area contributed by atoms with Crippen molar-refractivity contribution in [2.24, 2.45) is 0 Å². The second-order valence-corrected chi connectivity index (χ2v) is 10.6. The molecule has 0 aliphatic carbocycles. The third-order valence-electron chi connectivity index (χ3n) is 6.72. The zero-order valence-electron chi connectivity index (χ0n) is 18.3. The summed E-state index contributed by atoms with van der Waals surface area (Å²) in [5.41, 5.74) is 4.97. The summed E-state index contributed by atoms with van der Waals surface area (Å²) >= 11 is 5.78. The SMILES string of the molecule is Brc1ccc(-c2ccccc2)cc1-c1cc2ccccc2c2c1sc1ccc3ccccc3c12. The van der Waals surface area contributed by atoms with Gasteiger partial charge in [0.2, 0.25) is 0 Å². The van der Waals surface area contributed by atoms with Crippen LogP contribution in [0.4, 0.5) is 0 Å². The minimum absolute atomic E-state index is 1.12. The van der Waals surface area contributed by atoms with E-state index in [4.69, 9.17) is 0 Å². The molecule has 0 nitrogen and oxygen atoms in total. The highest BCUT2D eigenvalue weighted by molar-refractivity contribution is 9.10. The molecule has 6 aromatic carbocycles. The van der Waals surface area contributed by atoms with Crippen molar-refractivity contribution in [1.82, 2.24) is 0 Å². The number of halogens is 1. The maximum Gasteiger partial charge on any atom is 0.0440 e. The Morgan fingerprint density at radius 1 is 0.500 bits per heavy atom. The van der Waals surface area contributed by atoms with Crippen LogP contribution in [-0.4, -0.2) is 0 Å². The molecule has 0 spiro atoms. The zero-order chi connectivity index (χ0) is 22.6. The van der Waals surface area contributed by atoms with Gasteiger partial charge in [-0.1, -0.05) is 107 Å². The summed E-state index contributed by atoms with van der Waals surface area (Å²) in [4.78, 5) is 0. The van der Waals surface area contributed by atoms with Gasteiger partial charge in [0.25, 0.3) is 0 Å². The van der Waals surface area contributed by atoms with Crippen molar-refractivity contribution >= 4 is 69.0 Å². The lowest BCUT2D eigenvalue weighted by molar-refractivity contribution is 1.58. The Hall–Kier alpha value is -3.46. The molecule has 0 unspecified atom stereocenters. The van der Waals surface area contributed by atoms with E-state index in [1.807, 2.05) is 11.3 Å². The highest BCUT2D eigenvalue weighted by Crippen LogP contribution is 2.47. The summed E-state index contributed by atoms with van der Waals surface area (Å²) < 4.78 is 3.80. The van der Waals surface area contributed by atoms with Crippen LogP contribution >= 0.6 is 27.3 Å². The van der Waals surface area contributed by atoms with Gasteiger partial charge in [0.1, 0.15) is 0 Å². The first-order valence-electron chi connectivity index (χ1n) is 11.4. The first-order chi connectivity index (χ1) is 16.8. The van der Waals surface area contributed by atoms with E-state index >= 15 is 0 Å². The molecule has 0 atom stereocenters. The molecule has 7 rings (SSSR count). The molecule has 0 bridgehead atoms. The van der Waals surface area contributed by atoms with Crippen LogP contribution < -0.4 is 0 Å². The summed E-state index contributed by atoms with van der Waals surface area (Å²) in [5.74, 6) is 0. The second kappa shape index (κ2) is 7.80. The number of hydrogen-bond acceptors (Lipinski definition) is 1. The first-order valence-corrected chi connectivity index (χ1v) is 13.0. The second-order valence-electron chi connectivity index (χ2n) is 8.67. The van der Waals surface area contributed by atoms with Crippen LogP contribution in [0.1, 0.15) is 0 Å². The highest BCUT2D eigenvalue weighted by Gasteiger charge is 2.18. The third kappa shape index (κ3) is 3.03. The molecule has 2 heteroatoms. The molecule has 0 aliphatic heterocycles. The molecular weight excluding hydrogens is 496 g/mol. The predicted octanol–water partition coefficient (Wildman–Crippen LogP) is 10.5. The van der Waals surface area contributed by atoms with E-state index in [1.54, 1.807) is 0 Å². The van der Waals surface area contributed by atoms with Crippen molar-refractivity contribution in [3.8, 4) is 22.3 Å². The van der Waals surface area contributed by atoms with E-state index in [1.165, 1.54) is 64.0 Å².